The molecule has 1 aromatic carbocycles. The number of rotatable bonds is 4. The standard InChI is InChI=1S/C15H21N3O3.ClH/c1-21-10-14(19)18-8-6-11(7-9-18)17-15(20)12-4-2-3-5-13(12)16;/h2-5,11H,6-10,16H2,1H3,(H,17,20);1H. The first-order valence-electron chi connectivity index (χ1n) is 7.04. The SMILES string of the molecule is COCC(=O)N1CCC(NC(=O)c2ccccc2N)CC1.Cl. The molecule has 2 amide bonds. The molecule has 22 heavy (non-hydrogen) atoms. The molecule has 1 aromatic rings. The summed E-state index contributed by atoms with van der Waals surface area (Å²) < 4.78 is 4.84. The van der Waals surface area contributed by atoms with Gasteiger partial charge in [0.05, 0.1) is 5.56 Å². The van der Waals surface area contributed by atoms with Crippen LogP contribution in [0.2, 0.25) is 0 Å². The Morgan fingerprint density at radius 2 is 1.95 bits per heavy atom. The fourth-order valence-corrected chi connectivity index (χ4v) is 2.45. The van der Waals surface area contributed by atoms with Crippen LogP contribution in [-0.2, 0) is 9.53 Å². The summed E-state index contributed by atoms with van der Waals surface area (Å²) in [5.74, 6) is -0.163. The molecule has 122 valence electrons. The Labute approximate surface area is 136 Å². The second-order valence-corrected chi connectivity index (χ2v) is 5.15. The number of nitrogens with one attached hydrogen (secondary N) is 1. The number of nitrogens with two attached hydrogens (primary N) is 1. The van der Waals surface area contributed by atoms with Crippen molar-refractivity contribution in [2.75, 3.05) is 32.5 Å². The highest BCUT2D eigenvalue weighted by molar-refractivity contribution is 5.99. The molecule has 0 bridgehead atoms. The molecule has 3 N–H and O–H groups in total. The Morgan fingerprint density at radius 3 is 2.55 bits per heavy atom. The van der Waals surface area contributed by atoms with Crippen molar-refractivity contribution >= 4 is 29.9 Å². The predicted octanol–water partition coefficient (Wildman–Crippen LogP) is 1.06. The number of halogens is 1. The lowest BCUT2D eigenvalue weighted by Crippen LogP contribution is -2.47. The van der Waals surface area contributed by atoms with Crippen LogP contribution in [0.25, 0.3) is 0 Å². The monoisotopic (exact) mass is 327 g/mol. The van der Waals surface area contributed by atoms with E-state index in [0.29, 0.717) is 24.3 Å². The number of methoxy groups -OCH3 is 1. The first-order chi connectivity index (χ1) is 10.1. The number of para-hydroxylation sites is 1. The van der Waals surface area contributed by atoms with Crippen molar-refractivity contribution in [3.63, 3.8) is 0 Å². The van der Waals surface area contributed by atoms with Crippen LogP contribution in [-0.4, -0.2) is 49.6 Å². The van der Waals surface area contributed by atoms with Crippen LogP contribution in [0.5, 0.6) is 0 Å². The maximum Gasteiger partial charge on any atom is 0.253 e. The van der Waals surface area contributed by atoms with Gasteiger partial charge < -0.3 is 20.7 Å². The molecular weight excluding hydrogens is 306 g/mol. The van der Waals surface area contributed by atoms with E-state index in [1.54, 1.807) is 29.2 Å². The summed E-state index contributed by atoms with van der Waals surface area (Å²) in [7, 11) is 1.51. The van der Waals surface area contributed by atoms with Gasteiger partial charge in [0.2, 0.25) is 5.91 Å². The smallest absolute Gasteiger partial charge is 0.253 e. The Kier molecular flexibility index (Phi) is 7.14. The number of anilines is 1. The van der Waals surface area contributed by atoms with Crippen molar-refractivity contribution < 1.29 is 14.3 Å². The molecule has 0 unspecified atom stereocenters. The Balaban J connectivity index is 0.00000242. The first kappa shape index (κ1) is 18.3. The number of amides is 2. The zero-order chi connectivity index (χ0) is 15.2. The van der Waals surface area contributed by atoms with Gasteiger partial charge in [-0.1, -0.05) is 12.1 Å². The van der Waals surface area contributed by atoms with E-state index in [0.717, 1.165) is 12.8 Å². The number of piperidine rings is 1. The molecule has 6 nitrogen and oxygen atoms in total. The molecule has 7 heteroatoms. The fraction of sp³-hybridized carbons (Fsp3) is 0.467. The summed E-state index contributed by atoms with van der Waals surface area (Å²) in [4.78, 5) is 25.6. The lowest BCUT2D eigenvalue weighted by Gasteiger charge is -2.32. The maximum atomic E-state index is 12.2. The zero-order valence-corrected chi connectivity index (χ0v) is 13.4. The van der Waals surface area contributed by atoms with Crippen molar-refractivity contribution in [2.45, 2.75) is 18.9 Å². The fourth-order valence-electron chi connectivity index (χ4n) is 2.45. The number of carbonyl (C=O) groups is 2. The van der Waals surface area contributed by atoms with E-state index in [1.165, 1.54) is 7.11 Å². The number of benzene rings is 1. The maximum absolute atomic E-state index is 12.2. The van der Waals surface area contributed by atoms with Crippen LogP contribution in [0.1, 0.15) is 23.2 Å². The normalized spacial score (nSPS) is 15.0. The summed E-state index contributed by atoms with van der Waals surface area (Å²) in [6.07, 6.45) is 1.49. The molecule has 0 atom stereocenters. The Hall–Kier alpha value is -1.79. The molecule has 0 radical (unpaired) electrons. The highest BCUT2D eigenvalue weighted by atomic mass is 35.5. The first-order valence-corrected chi connectivity index (χ1v) is 7.04. The average molecular weight is 328 g/mol. The minimum Gasteiger partial charge on any atom is -0.398 e. The van der Waals surface area contributed by atoms with Gasteiger partial charge in [0.15, 0.2) is 0 Å². The quantitative estimate of drug-likeness (QED) is 0.810. The van der Waals surface area contributed by atoms with Crippen molar-refractivity contribution in [2.24, 2.45) is 0 Å². The minimum atomic E-state index is -0.158. The molecule has 0 aliphatic carbocycles. The third kappa shape index (κ3) is 4.61. The van der Waals surface area contributed by atoms with Crippen LogP contribution < -0.4 is 11.1 Å². The molecular formula is C15H22ClN3O3. The summed E-state index contributed by atoms with van der Waals surface area (Å²) in [5.41, 5.74) is 6.76. The van der Waals surface area contributed by atoms with Crippen molar-refractivity contribution in [1.29, 1.82) is 0 Å². The third-order valence-corrected chi connectivity index (χ3v) is 3.66. The average Bonchev–Trinajstić information content (AvgIpc) is 2.48. The number of nitrogen functional groups attached to an aromatic ring is 1. The number of ether oxygens (including phenoxy) is 1. The van der Waals surface area contributed by atoms with Gasteiger partial charge >= 0.3 is 0 Å². The number of hydrogen-bond donors (Lipinski definition) is 2. The van der Waals surface area contributed by atoms with Gasteiger partial charge in [-0.3, -0.25) is 9.59 Å². The lowest BCUT2D eigenvalue weighted by atomic mass is 10.0. The molecule has 0 aromatic heterocycles. The topological polar surface area (TPSA) is 84.7 Å². The van der Waals surface area contributed by atoms with Gasteiger partial charge in [-0.05, 0) is 25.0 Å². The summed E-state index contributed by atoms with van der Waals surface area (Å²) in [6.45, 7) is 1.38. The predicted molar refractivity (Wildman–Crippen MR) is 87.0 cm³/mol. The van der Waals surface area contributed by atoms with Crippen LogP contribution in [0.15, 0.2) is 24.3 Å². The molecule has 1 saturated heterocycles. The lowest BCUT2D eigenvalue weighted by molar-refractivity contribution is -0.136. The molecule has 1 aliphatic heterocycles. The van der Waals surface area contributed by atoms with Crippen molar-refractivity contribution in [3.05, 3.63) is 29.8 Å². The molecule has 0 saturated carbocycles. The molecule has 0 spiro atoms. The molecule has 2 rings (SSSR count). The van der Waals surface area contributed by atoms with Crippen LogP contribution >= 0.6 is 12.4 Å². The molecule has 1 fully saturated rings. The largest absolute Gasteiger partial charge is 0.398 e. The number of carbonyl (C=O) groups excluding carboxylic acids is 2. The molecule has 1 aliphatic rings. The van der Waals surface area contributed by atoms with E-state index >= 15 is 0 Å². The summed E-state index contributed by atoms with van der Waals surface area (Å²) in [6, 6.07) is 7.08. The highest BCUT2D eigenvalue weighted by Gasteiger charge is 2.24. The van der Waals surface area contributed by atoms with Crippen molar-refractivity contribution in [1.82, 2.24) is 10.2 Å². The zero-order valence-electron chi connectivity index (χ0n) is 12.6. The van der Waals surface area contributed by atoms with E-state index in [-0.39, 0.29) is 36.9 Å². The Morgan fingerprint density at radius 1 is 1.32 bits per heavy atom. The van der Waals surface area contributed by atoms with Gasteiger partial charge in [0.25, 0.3) is 5.91 Å². The third-order valence-electron chi connectivity index (χ3n) is 3.66. The summed E-state index contributed by atoms with van der Waals surface area (Å²) in [5, 5.41) is 2.98. The van der Waals surface area contributed by atoms with Crippen LogP contribution in [0.4, 0.5) is 5.69 Å². The number of nitrogens with zero attached hydrogens (tertiary/aromatic N) is 1. The van der Waals surface area contributed by atoms with Crippen LogP contribution in [0.3, 0.4) is 0 Å². The van der Waals surface area contributed by atoms with E-state index in [1.807, 2.05) is 0 Å². The van der Waals surface area contributed by atoms with Crippen LogP contribution in [0, 0.1) is 0 Å². The van der Waals surface area contributed by atoms with E-state index in [9.17, 15) is 9.59 Å². The van der Waals surface area contributed by atoms with Crippen molar-refractivity contribution in [3.8, 4) is 0 Å². The summed E-state index contributed by atoms with van der Waals surface area (Å²) >= 11 is 0. The number of likely N-dealkylation sites (tertiary alicyclic amines) is 1. The van der Waals surface area contributed by atoms with Gasteiger partial charge in [-0.2, -0.15) is 0 Å². The molecule has 1 heterocycles. The minimum absolute atomic E-state index is 0. The van der Waals surface area contributed by atoms with E-state index in [2.05, 4.69) is 5.32 Å². The van der Waals surface area contributed by atoms with Gasteiger partial charge in [-0.25, -0.2) is 0 Å². The van der Waals surface area contributed by atoms with E-state index in [4.69, 9.17) is 10.5 Å². The number of hydrogen-bond acceptors (Lipinski definition) is 4. The van der Waals surface area contributed by atoms with Gasteiger partial charge in [-0.15, -0.1) is 12.4 Å². The van der Waals surface area contributed by atoms with Gasteiger partial charge in [0, 0.05) is 31.9 Å². The Bertz CT molecular complexity index is 517. The second-order valence-electron chi connectivity index (χ2n) is 5.15. The van der Waals surface area contributed by atoms with Gasteiger partial charge in [0.1, 0.15) is 6.61 Å². The highest BCUT2D eigenvalue weighted by Crippen LogP contribution is 2.14. The second kappa shape index (κ2) is 8.60. The van der Waals surface area contributed by atoms with E-state index < -0.39 is 0 Å².